The number of rotatable bonds is 4. The monoisotopic (exact) mass is 367 g/mol. The van der Waals surface area contributed by atoms with Crippen LogP contribution >= 0.6 is 11.3 Å². The number of nitrogens with one attached hydrogen (secondary N) is 1. The van der Waals surface area contributed by atoms with E-state index in [2.05, 4.69) is 10.3 Å². The topological polar surface area (TPSA) is 94.4 Å². The van der Waals surface area contributed by atoms with Crippen LogP contribution in [0.3, 0.4) is 0 Å². The molecular weight excluding hydrogens is 354 g/mol. The molecule has 1 amide bonds. The Hall–Kier alpha value is -3.26. The lowest BCUT2D eigenvalue weighted by atomic mass is 10.1. The van der Waals surface area contributed by atoms with Crippen LogP contribution in [0.5, 0.6) is 5.75 Å². The number of fused-ring (bicyclic) bond motifs is 3. The lowest BCUT2D eigenvalue weighted by Crippen LogP contribution is -2.11. The largest absolute Gasteiger partial charge is 0.497 e. The zero-order valence-corrected chi connectivity index (χ0v) is 14.5. The van der Waals surface area contributed by atoms with Gasteiger partial charge in [0.25, 0.3) is 11.6 Å². The molecule has 0 bridgehead atoms. The highest BCUT2D eigenvalue weighted by Crippen LogP contribution is 2.42. The zero-order valence-electron chi connectivity index (χ0n) is 13.7. The Morgan fingerprint density at radius 3 is 2.92 bits per heavy atom. The summed E-state index contributed by atoms with van der Waals surface area (Å²) in [6.45, 7) is 0. The molecule has 0 aliphatic heterocycles. The molecule has 1 aliphatic rings. The van der Waals surface area contributed by atoms with Crippen molar-refractivity contribution in [1.82, 2.24) is 4.98 Å². The van der Waals surface area contributed by atoms with Crippen molar-refractivity contribution in [3.63, 3.8) is 0 Å². The number of hydrogen-bond donors (Lipinski definition) is 1. The van der Waals surface area contributed by atoms with E-state index < -0.39 is 10.8 Å². The average molecular weight is 367 g/mol. The van der Waals surface area contributed by atoms with Crippen molar-refractivity contribution in [2.45, 2.75) is 6.42 Å². The van der Waals surface area contributed by atoms with Gasteiger partial charge in [-0.3, -0.25) is 20.2 Å². The molecule has 26 heavy (non-hydrogen) atoms. The highest BCUT2D eigenvalue weighted by atomic mass is 32.1. The number of benzene rings is 2. The molecule has 1 heterocycles. The molecule has 2 aromatic carbocycles. The van der Waals surface area contributed by atoms with Gasteiger partial charge in [-0.15, -0.1) is 11.3 Å². The first-order valence-electron chi connectivity index (χ1n) is 7.78. The van der Waals surface area contributed by atoms with Crippen LogP contribution in [-0.4, -0.2) is 22.9 Å². The van der Waals surface area contributed by atoms with Gasteiger partial charge in [-0.2, -0.15) is 0 Å². The highest BCUT2D eigenvalue weighted by molar-refractivity contribution is 7.16. The number of nitro benzene ring substituents is 1. The number of nitrogens with zero attached hydrogens (tertiary/aromatic N) is 2. The van der Waals surface area contributed by atoms with E-state index in [-0.39, 0.29) is 11.3 Å². The summed E-state index contributed by atoms with van der Waals surface area (Å²) in [5.41, 5.74) is 3.14. The van der Waals surface area contributed by atoms with Crippen LogP contribution in [-0.2, 0) is 6.42 Å². The molecule has 0 spiro atoms. The standard InChI is InChI=1S/C18H13N3O4S/c1-25-13-5-6-14-11(8-13)9-15-16(14)19-18(26-15)20-17(22)10-3-2-4-12(7-10)21(23)24/h2-8H,9H2,1H3,(H,19,20,22). The van der Waals surface area contributed by atoms with Crippen molar-refractivity contribution in [2.24, 2.45) is 0 Å². The number of thiazole rings is 1. The molecule has 8 heteroatoms. The fourth-order valence-corrected chi connectivity index (χ4v) is 3.91. The molecule has 0 saturated carbocycles. The Balaban J connectivity index is 1.57. The Kier molecular flexibility index (Phi) is 3.89. The van der Waals surface area contributed by atoms with Gasteiger partial charge in [0.2, 0.25) is 0 Å². The van der Waals surface area contributed by atoms with Gasteiger partial charge >= 0.3 is 0 Å². The maximum atomic E-state index is 12.4. The number of nitro groups is 1. The van der Waals surface area contributed by atoms with Gasteiger partial charge in [-0.1, -0.05) is 6.07 Å². The summed E-state index contributed by atoms with van der Waals surface area (Å²) in [5, 5.41) is 14.1. The summed E-state index contributed by atoms with van der Waals surface area (Å²) >= 11 is 1.41. The second-order valence-electron chi connectivity index (χ2n) is 5.75. The normalized spacial score (nSPS) is 11.6. The van der Waals surface area contributed by atoms with Crippen LogP contribution in [0.25, 0.3) is 11.3 Å². The summed E-state index contributed by atoms with van der Waals surface area (Å²) in [6.07, 6.45) is 0.742. The van der Waals surface area contributed by atoms with Gasteiger partial charge in [0.05, 0.1) is 17.7 Å². The summed E-state index contributed by atoms with van der Waals surface area (Å²) in [5.74, 6) is 0.383. The first-order chi connectivity index (χ1) is 12.5. The maximum absolute atomic E-state index is 12.4. The average Bonchev–Trinajstić information content (AvgIpc) is 3.18. The first-order valence-corrected chi connectivity index (χ1v) is 8.59. The van der Waals surface area contributed by atoms with Gasteiger partial charge in [0.15, 0.2) is 5.13 Å². The number of hydrogen-bond acceptors (Lipinski definition) is 6. The fourth-order valence-electron chi connectivity index (χ4n) is 2.91. The number of methoxy groups -OCH3 is 1. The number of aromatic nitrogens is 1. The number of carbonyl (C=O) groups is 1. The summed E-state index contributed by atoms with van der Waals surface area (Å²) in [4.78, 5) is 28.3. The Morgan fingerprint density at radius 2 is 2.15 bits per heavy atom. The minimum absolute atomic E-state index is 0.123. The maximum Gasteiger partial charge on any atom is 0.270 e. The third-order valence-electron chi connectivity index (χ3n) is 4.16. The number of ether oxygens (including phenoxy) is 1. The minimum Gasteiger partial charge on any atom is -0.497 e. The highest BCUT2D eigenvalue weighted by Gasteiger charge is 2.24. The van der Waals surface area contributed by atoms with Gasteiger partial charge in [0.1, 0.15) is 5.75 Å². The van der Waals surface area contributed by atoms with E-state index in [1.54, 1.807) is 7.11 Å². The van der Waals surface area contributed by atoms with Crippen LogP contribution in [0.4, 0.5) is 10.8 Å². The molecule has 0 radical (unpaired) electrons. The second-order valence-corrected chi connectivity index (χ2v) is 6.84. The molecular formula is C18H13N3O4S. The first kappa shape index (κ1) is 16.2. The molecule has 1 aliphatic carbocycles. The SMILES string of the molecule is COc1ccc2c(c1)Cc1sc(NC(=O)c3cccc([N+](=O)[O-])c3)nc1-2. The lowest BCUT2D eigenvalue weighted by molar-refractivity contribution is -0.384. The van der Waals surface area contributed by atoms with E-state index in [4.69, 9.17) is 4.74 Å². The minimum atomic E-state index is -0.528. The Bertz CT molecular complexity index is 1040. The van der Waals surface area contributed by atoms with Crippen molar-refractivity contribution >= 4 is 28.1 Å². The molecule has 1 N–H and O–H groups in total. The summed E-state index contributed by atoms with van der Waals surface area (Å²) in [6, 6.07) is 11.5. The fraction of sp³-hybridized carbons (Fsp3) is 0.111. The Morgan fingerprint density at radius 1 is 1.31 bits per heavy atom. The van der Waals surface area contributed by atoms with Crippen molar-refractivity contribution in [2.75, 3.05) is 12.4 Å². The third kappa shape index (κ3) is 2.80. The van der Waals surface area contributed by atoms with Crippen LogP contribution in [0.15, 0.2) is 42.5 Å². The van der Waals surface area contributed by atoms with E-state index in [9.17, 15) is 14.9 Å². The second kappa shape index (κ2) is 6.23. The van der Waals surface area contributed by atoms with E-state index in [1.807, 2.05) is 18.2 Å². The molecule has 3 aromatic rings. The molecule has 1 aromatic heterocycles. The van der Waals surface area contributed by atoms with Gasteiger partial charge in [-0.25, -0.2) is 4.98 Å². The summed E-state index contributed by atoms with van der Waals surface area (Å²) < 4.78 is 5.24. The molecule has 4 rings (SSSR count). The molecule has 130 valence electrons. The molecule has 0 fully saturated rings. The predicted octanol–water partition coefficient (Wildman–Crippen LogP) is 3.88. The van der Waals surface area contributed by atoms with E-state index in [1.165, 1.54) is 35.6 Å². The van der Waals surface area contributed by atoms with Gasteiger partial charge in [-0.05, 0) is 29.8 Å². The number of carbonyl (C=O) groups excluding carboxylic acids is 1. The van der Waals surface area contributed by atoms with Crippen LogP contribution < -0.4 is 10.1 Å². The lowest BCUT2D eigenvalue weighted by Gasteiger charge is -2.04. The number of anilines is 1. The molecule has 7 nitrogen and oxygen atoms in total. The Labute approximate surface area is 152 Å². The third-order valence-corrected chi connectivity index (χ3v) is 5.13. The van der Waals surface area contributed by atoms with Crippen LogP contribution in [0.2, 0.25) is 0 Å². The van der Waals surface area contributed by atoms with E-state index in [0.29, 0.717) is 5.13 Å². The summed E-state index contributed by atoms with van der Waals surface area (Å²) in [7, 11) is 1.63. The number of non-ortho nitro benzene ring substituents is 1. The van der Waals surface area contributed by atoms with Gasteiger partial charge < -0.3 is 4.74 Å². The van der Waals surface area contributed by atoms with Crippen molar-refractivity contribution < 1.29 is 14.5 Å². The smallest absolute Gasteiger partial charge is 0.270 e. The van der Waals surface area contributed by atoms with Crippen molar-refractivity contribution in [3.05, 3.63) is 68.6 Å². The van der Waals surface area contributed by atoms with Crippen LogP contribution in [0, 0.1) is 10.1 Å². The van der Waals surface area contributed by atoms with Gasteiger partial charge in [0, 0.05) is 34.6 Å². The number of amides is 1. The molecule has 0 atom stereocenters. The molecule has 0 unspecified atom stereocenters. The predicted molar refractivity (Wildman–Crippen MR) is 98.0 cm³/mol. The zero-order chi connectivity index (χ0) is 18.3. The van der Waals surface area contributed by atoms with E-state index >= 15 is 0 Å². The van der Waals surface area contributed by atoms with Crippen LogP contribution in [0.1, 0.15) is 20.8 Å². The molecule has 0 saturated heterocycles. The van der Waals surface area contributed by atoms with Crippen molar-refractivity contribution in [1.29, 1.82) is 0 Å². The van der Waals surface area contributed by atoms with Crippen molar-refractivity contribution in [3.8, 4) is 17.0 Å². The van der Waals surface area contributed by atoms with E-state index in [0.717, 1.165) is 33.9 Å². The quantitative estimate of drug-likeness (QED) is 0.436.